The average Bonchev–Trinajstić information content (AvgIpc) is 2.38. The molecule has 1 heterocycles. The molecule has 1 aromatic carbocycles. The molecule has 2 rings (SSSR count). The number of fused-ring (bicyclic) bond motifs is 1. The number of halogens is 2. The fourth-order valence-corrected chi connectivity index (χ4v) is 2.09. The second-order valence-electron chi connectivity index (χ2n) is 4.88. The van der Waals surface area contributed by atoms with E-state index in [2.05, 4.69) is 28.7 Å². The minimum Gasteiger partial charge on any atom is -0.329 e. The van der Waals surface area contributed by atoms with Gasteiger partial charge in [-0.3, -0.25) is 9.69 Å². The van der Waals surface area contributed by atoms with Crippen LogP contribution in [0.25, 0.3) is 10.9 Å². The monoisotopic (exact) mass is 332 g/mol. The maximum atomic E-state index is 12.0. The van der Waals surface area contributed by atoms with Crippen LogP contribution in [-0.2, 0) is 6.54 Å². The molecule has 2 aromatic rings. The molecule has 0 atom stereocenters. The third kappa shape index (κ3) is 4.97. The van der Waals surface area contributed by atoms with Crippen molar-refractivity contribution in [3.05, 3.63) is 40.4 Å². The van der Waals surface area contributed by atoms with Crippen molar-refractivity contribution in [3.63, 3.8) is 0 Å². The van der Waals surface area contributed by atoms with Crippen molar-refractivity contribution in [2.24, 2.45) is 5.73 Å². The Balaban J connectivity index is 0.00000200. The summed E-state index contributed by atoms with van der Waals surface area (Å²) in [5, 5.41) is 0.626. The second kappa shape index (κ2) is 9.00. The van der Waals surface area contributed by atoms with Gasteiger partial charge >= 0.3 is 0 Å². The maximum Gasteiger partial charge on any atom is 0.258 e. The molecular formula is C14H22Cl2N4O. The topological polar surface area (TPSA) is 75.0 Å². The van der Waals surface area contributed by atoms with E-state index in [9.17, 15) is 4.79 Å². The minimum atomic E-state index is -0.0861. The lowest BCUT2D eigenvalue weighted by Gasteiger charge is -2.25. The minimum absolute atomic E-state index is 0. The number of nitrogens with zero attached hydrogens (tertiary/aromatic N) is 2. The number of para-hydroxylation sites is 1. The summed E-state index contributed by atoms with van der Waals surface area (Å²) in [5.74, 6) is 0.686. The van der Waals surface area contributed by atoms with E-state index >= 15 is 0 Å². The number of H-pyrrole nitrogens is 1. The molecule has 21 heavy (non-hydrogen) atoms. The Morgan fingerprint density at radius 3 is 2.57 bits per heavy atom. The predicted molar refractivity (Wildman–Crippen MR) is 91.5 cm³/mol. The van der Waals surface area contributed by atoms with Gasteiger partial charge in [-0.05, 0) is 26.0 Å². The molecule has 0 bridgehead atoms. The largest absolute Gasteiger partial charge is 0.329 e. The number of benzene rings is 1. The molecule has 0 fully saturated rings. The van der Waals surface area contributed by atoms with Gasteiger partial charge in [-0.1, -0.05) is 12.1 Å². The van der Waals surface area contributed by atoms with Crippen LogP contribution in [0.4, 0.5) is 0 Å². The van der Waals surface area contributed by atoms with Crippen LogP contribution in [-0.4, -0.2) is 34.0 Å². The molecule has 3 N–H and O–H groups in total. The summed E-state index contributed by atoms with van der Waals surface area (Å²) in [6.45, 7) is 6.20. The van der Waals surface area contributed by atoms with Crippen molar-refractivity contribution in [2.75, 3.05) is 13.1 Å². The summed E-state index contributed by atoms with van der Waals surface area (Å²) >= 11 is 0. The maximum absolute atomic E-state index is 12.0. The summed E-state index contributed by atoms with van der Waals surface area (Å²) in [6, 6.07) is 7.73. The van der Waals surface area contributed by atoms with Crippen LogP contribution in [0.15, 0.2) is 29.1 Å². The SMILES string of the molecule is CC(C)N(CCN)Cc1nc2ccccc2c(=O)[nH]1.Cl.Cl. The summed E-state index contributed by atoms with van der Waals surface area (Å²) < 4.78 is 0. The first-order valence-electron chi connectivity index (χ1n) is 6.54. The molecule has 0 unspecified atom stereocenters. The van der Waals surface area contributed by atoms with Crippen molar-refractivity contribution in [3.8, 4) is 0 Å². The molecule has 7 heteroatoms. The fraction of sp³-hybridized carbons (Fsp3) is 0.429. The molecule has 0 aliphatic heterocycles. The molecule has 0 spiro atoms. The van der Waals surface area contributed by atoms with E-state index in [1.54, 1.807) is 6.07 Å². The van der Waals surface area contributed by atoms with Gasteiger partial charge in [-0.25, -0.2) is 4.98 Å². The van der Waals surface area contributed by atoms with Crippen LogP contribution in [0.5, 0.6) is 0 Å². The average molecular weight is 333 g/mol. The van der Waals surface area contributed by atoms with Crippen molar-refractivity contribution in [1.29, 1.82) is 0 Å². The van der Waals surface area contributed by atoms with Gasteiger partial charge in [-0.2, -0.15) is 0 Å². The highest BCUT2D eigenvalue weighted by molar-refractivity contribution is 5.85. The van der Waals surface area contributed by atoms with Gasteiger partial charge in [0.15, 0.2) is 0 Å². The van der Waals surface area contributed by atoms with Crippen LogP contribution in [0.3, 0.4) is 0 Å². The normalized spacial score (nSPS) is 10.5. The van der Waals surface area contributed by atoms with Gasteiger partial charge in [0.2, 0.25) is 0 Å². The number of nitrogens with two attached hydrogens (primary N) is 1. The van der Waals surface area contributed by atoms with Crippen LogP contribution < -0.4 is 11.3 Å². The van der Waals surface area contributed by atoms with Crippen LogP contribution >= 0.6 is 24.8 Å². The molecule has 0 saturated heterocycles. The van der Waals surface area contributed by atoms with Crippen molar-refractivity contribution >= 4 is 35.7 Å². The lowest BCUT2D eigenvalue weighted by Crippen LogP contribution is -2.35. The highest BCUT2D eigenvalue weighted by Crippen LogP contribution is 2.08. The fourth-order valence-electron chi connectivity index (χ4n) is 2.09. The molecule has 118 valence electrons. The van der Waals surface area contributed by atoms with Gasteiger partial charge in [0, 0.05) is 19.1 Å². The smallest absolute Gasteiger partial charge is 0.258 e. The number of rotatable bonds is 5. The van der Waals surface area contributed by atoms with Crippen molar-refractivity contribution in [1.82, 2.24) is 14.9 Å². The van der Waals surface area contributed by atoms with E-state index < -0.39 is 0 Å². The van der Waals surface area contributed by atoms with E-state index in [0.717, 1.165) is 12.1 Å². The molecule has 5 nitrogen and oxygen atoms in total. The number of nitrogens with one attached hydrogen (secondary N) is 1. The zero-order chi connectivity index (χ0) is 13.8. The van der Waals surface area contributed by atoms with Gasteiger partial charge in [0.25, 0.3) is 5.56 Å². The first kappa shape index (κ1) is 19.9. The Morgan fingerprint density at radius 1 is 1.29 bits per heavy atom. The Kier molecular flexibility index (Phi) is 8.51. The summed E-state index contributed by atoms with van der Waals surface area (Å²) in [4.78, 5) is 21.5. The Bertz CT molecular complexity index is 615. The number of hydrogen-bond donors (Lipinski definition) is 2. The molecule has 1 aromatic heterocycles. The van der Waals surface area contributed by atoms with Crippen LogP contribution in [0.1, 0.15) is 19.7 Å². The van der Waals surface area contributed by atoms with E-state index in [-0.39, 0.29) is 30.4 Å². The van der Waals surface area contributed by atoms with E-state index in [1.807, 2.05) is 18.2 Å². The lowest BCUT2D eigenvalue weighted by atomic mass is 10.2. The Hall–Kier alpha value is -1.14. The number of hydrogen-bond acceptors (Lipinski definition) is 4. The molecular weight excluding hydrogens is 311 g/mol. The quantitative estimate of drug-likeness (QED) is 0.877. The van der Waals surface area contributed by atoms with E-state index in [4.69, 9.17) is 5.73 Å². The number of aromatic amines is 1. The third-order valence-electron chi connectivity index (χ3n) is 3.16. The van der Waals surface area contributed by atoms with Gasteiger partial charge in [0.05, 0.1) is 17.4 Å². The van der Waals surface area contributed by atoms with Crippen LogP contribution in [0, 0.1) is 0 Å². The van der Waals surface area contributed by atoms with E-state index in [1.165, 1.54) is 0 Å². The lowest BCUT2D eigenvalue weighted by molar-refractivity contribution is 0.214. The molecule has 0 amide bonds. The third-order valence-corrected chi connectivity index (χ3v) is 3.16. The summed E-state index contributed by atoms with van der Waals surface area (Å²) in [6.07, 6.45) is 0. The zero-order valence-electron chi connectivity index (χ0n) is 12.2. The summed E-state index contributed by atoms with van der Waals surface area (Å²) in [5.41, 5.74) is 6.26. The highest BCUT2D eigenvalue weighted by atomic mass is 35.5. The summed E-state index contributed by atoms with van der Waals surface area (Å²) in [7, 11) is 0. The number of aromatic nitrogens is 2. The van der Waals surface area contributed by atoms with E-state index in [0.29, 0.717) is 30.3 Å². The molecule has 0 saturated carbocycles. The van der Waals surface area contributed by atoms with Gasteiger partial charge in [0.1, 0.15) is 5.82 Å². The predicted octanol–water partition coefficient (Wildman–Crippen LogP) is 1.94. The zero-order valence-corrected chi connectivity index (χ0v) is 13.8. The molecule has 0 radical (unpaired) electrons. The molecule has 0 aliphatic carbocycles. The van der Waals surface area contributed by atoms with Crippen LogP contribution in [0.2, 0.25) is 0 Å². The second-order valence-corrected chi connectivity index (χ2v) is 4.88. The Labute approximate surface area is 136 Å². The first-order valence-corrected chi connectivity index (χ1v) is 6.54. The van der Waals surface area contributed by atoms with Gasteiger partial charge in [-0.15, -0.1) is 24.8 Å². The first-order chi connectivity index (χ1) is 9.11. The molecule has 0 aliphatic rings. The standard InChI is InChI=1S/C14H20N4O.2ClH/c1-10(2)18(8-7-15)9-13-16-12-6-4-3-5-11(12)14(19)17-13;;/h3-6,10H,7-9,15H2,1-2H3,(H,16,17,19);2*1H. The highest BCUT2D eigenvalue weighted by Gasteiger charge is 2.11. The Morgan fingerprint density at radius 2 is 1.95 bits per heavy atom. The van der Waals surface area contributed by atoms with Gasteiger partial charge < -0.3 is 10.7 Å². The van der Waals surface area contributed by atoms with Crippen molar-refractivity contribution in [2.45, 2.75) is 26.4 Å². The van der Waals surface area contributed by atoms with Crippen molar-refractivity contribution < 1.29 is 0 Å².